The molecular weight excluding hydrogens is 208 g/mol. The molecule has 3 heteroatoms. The third kappa shape index (κ3) is 2.17. The van der Waals surface area contributed by atoms with Crippen LogP contribution in [0.1, 0.15) is 26.7 Å². The maximum Gasteiger partial charge on any atom is 0.168 e. The first-order chi connectivity index (χ1) is 5.31. The SMILES string of the molecule is CCC1OC(CBr)OC1CC. The average Bonchev–Trinajstić information content (AvgIpc) is 2.46. The number of ether oxygens (including phenoxy) is 2. The van der Waals surface area contributed by atoms with Crippen LogP contribution in [0.4, 0.5) is 0 Å². The van der Waals surface area contributed by atoms with Crippen LogP contribution in [0.15, 0.2) is 0 Å². The summed E-state index contributed by atoms with van der Waals surface area (Å²) in [5, 5.41) is 0.778. The molecule has 0 aliphatic carbocycles. The molecule has 0 aromatic rings. The highest BCUT2D eigenvalue weighted by Gasteiger charge is 2.32. The standard InChI is InChI=1S/C8H15BrO2/c1-3-6-7(4-2)11-8(5-9)10-6/h6-8H,3-5H2,1-2H3. The van der Waals surface area contributed by atoms with E-state index in [1.165, 1.54) is 0 Å². The molecule has 1 aliphatic heterocycles. The van der Waals surface area contributed by atoms with Gasteiger partial charge in [-0.15, -0.1) is 0 Å². The van der Waals surface area contributed by atoms with Crippen molar-refractivity contribution in [1.82, 2.24) is 0 Å². The van der Waals surface area contributed by atoms with E-state index in [1.807, 2.05) is 0 Å². The van der Waals surface area contributed by atoms with Crippen molar-refractivity contribution in [3.05, 3.63) is 0 Å². The Bertz CT molecular complexity index is 107. The second-order valence-electron chi connectivity index (χ2n) is 2.75. The Hall–Kier alpha value is 0.400. The van der Waals surface area contributed by atoms with Crippen LogP contribution >= 0.6 is 15.9 Å². The molecule has 1 aliphatic rings. The highest BCUT2D eigenvalue weighted by Crippen LogP contribution is 2.24. The van der Waals surface area contributed by atoms with Crippen molar-refractivity contribution in [1.29, 1.82) is 0 Å². The quantitative estimate of drug-likeness (QED) is 0.683. The Morgan fingerprint density at radius 1 is 1.09 bits per heavy atom. The fourth-order valence-corrected chi connectivity index (χ4v) is 1.69. The van der Waals surface area contributed by atoms with Gasteiger partial charge < -0.3 is 9.47 Å². The molecule has 0 saturated carbocycles. The van der Waals surface area contributed by atoms with Gasteiger partial charge in [-0.05, 0) is 12.8 Å². The highest BCUT2D eigenvalue weighted by molar-refractivity contribution is 9.09. The van der Waals surface area contributed by atoms with E-state index in [-0.39, 0.29) is 6.29 Å². The van der Waals surface area contributed by atoms with Crippen molar-refractivity contribution >= 4 is 15.9 Å². The Morgan fingerprint density at radius 3 is 1.82 bits per heavy atom. The van der Waals surface area contributed by atoms with Gasteiger partial charge >= 0.3 is 0 Å². The van der Waals surface area contributed by atoms with Gasteiger partial charge in [0.05, 0.1) is 17.5 Å². The van der Waals surface area contributed by atoms with Gasteiger partial charge in [-0.1, -0.05) is 29.8 Å². The summed E-state index contributed by atoms with van der Waals surface area (Å²) in [5.74, 6) is 0. The first kappa shape index (κ1) is 9.49. The lowest BCUT2D eigenvalue weighted by molar-refractivity contribution is -0.0466. The maximum absolute atomic E-state index is 5.59. The third-order valence-electron chi connectivity index (χ3n) is 2.00. The molecule has 0 radical (unpaired) electrons. The molecule has 2 atom stereocenters. The maximum atomic E-state index is 5.59. The summed E-state index contributed by atoms with van der Waals surface area (Å²) in [4.78, 5) is 0. The summed E-state index contributed by atoms with van der Waals surface area (Å²) in [6, 6.07) is 0. The molecule has 1 saturated heterocycles. The smallest absolute Gasteiger partial charge is 0.168 e. The minimum atomic E-state index is -0.0232. The van der Waals surface area contributed by atoms with Gasteiger partial charge in [-0.3, -0.25) is 0 Å². The number of halogens is 1. The van der Waals surface area contributed by atoms with E-state index in [4.69, 9.17) is 9.47 Å². The molecule has 0 amide bonds. The van der Waals surface area contributed by atoms with E-state index in [0.717, 1.165) is 18.2 Å². The van der Waals surface area contributed by atoms with Crippen LogP contribution < -0.4 is 0 Å². The van der Waals surface area contributed by atoms with Gasteiger partial charge in [-0.25, -0.2) is 0 Å². The van der Waals surface area contributed by atoms with Gasteiger partial charge in [0.25, 0.3) is 0 Å². The van der Waals surface area contributed by atoms with Crippen molar-refractivity contribution in [3.8, 4) is 0 Å². The van der Waals surface area contributed by atoms with Crippen molar-refractivity contribution < 1.29 is 9.47 Å². The summed E-state index contributed by atoms with van der Waals surface area (Å²) in [5.41, 5.74) is 0. The molecule has 2 unspecified atom stereocenters. The Balaban J connectivity index is 2.41. The highest BCUT2D eigenvalue weighted by atomic mass is 79.9. The van der Waals surface area contributed by atoms with Crippen LogP contribution in [0.2, 0.25) is 0 Å². The first-order valence-corrected chi connectivity index (χ1v) is 5.30. The predicted molar refractivity (Wildman–Crippen MR) is 47.9 cm³/mol. The average molecular weight is 223 g/mol. The number of hydrogen-bond acceptors (Lipinski definition) is 2. The summed E-state index contributed by atoms with van der Waals surface area (Å²) in [7, 11) is 0. The zero-order valence-corrected chi connectivity index (χ0v) is 8.63. The lowest BCUT2D eigenvalue weighted by Gasteiger charge is -2.11. The largest absolute Gasteiger partial charge is 0.346 e. The molecule has 0 bridgehead atoms. The van der Waals surface area contributed by atoms with Crippen LogP contribution in [0, 0.1) is 0 Å². The zero-order chi connectivity index (χ0) is 8.27. The molecule has 1 fully saturated rings. The number of rotatable bonds is 3. The van der Waals surface area contributed by atoms with Gasteiger partial charge in [0.15, 0.2) is 6.29 Å². The van der Waals surface area contributed by atoms with E-state index < -0.39 is 0 Å². The molecule has 0 aromatic heterocycles. The molecule has 0 spiro atoms. The second kappa shape index (κ2) is 4.43. The van der Waals surface area contributed by atoms with E-state index >= 15 is 0 Å². The van der Waals surface area contributed by atoms with Gasteiger partial charge in [0.2, 0.25) is 0 Å². The van der Waals surface area contributed by atoms with Crippen LogP contribution in [-0.2, 0) is 9.47 Å². The van der Waals surface area contributed by atoms with Gasteiger partial charge in [-0.2, -0.15) is 0 Å². The lowest BCUT2D eigenvalue weighted by atomic mass is 10.1. The Labute approximate surface area is 76.4 Å². The molecule has 0 N–H and O–H groups in total. The number of alkyl halides is 1. The zero-order valence-electron chi connectivity index (χ0n) is 7.05. The fourth-order valence-electron chi connectivity index (χ4n) is 1.39. The molecule has 2 nitrogen and oxygen atoms in total. The summed E-state index contributed by atoms with van der Waals surface area (Å²) < 4.78 is 11.2. The van der Waals surface area contributed by atoms with Gasteiger partial charge in [0, 0.05) is 0 Å². The van der Waals surface area contributed by atoms with Crippen LogP contribution in [0.5, 0.6) is 0 Å². The monoisotopic (exact) mass is 222 g/mol. The summed E-state index contributed by atoms with van der Waals surface area (Å²) in [6.07, 6.45) is 2.68. The van der Waals surface area contributed by atoms with Crippen LogP contribution in [0.3, 0.4) is 0 Å². The van der Waals surface area contributed by atoms with Crippen molar-refractivity contribution in [3.63, 3.8) is 0 Å². The van der Waals surface area contributed by atoms with Crippen LogP contribution in [-0.4, -0.2) is 23.8 Å². The molecule has 1 rings (SSSR count). The summed E-state index contributed by atoms with van der Waals surface area (Å²) in [6.45, 7) is 4.26. The molecule has 1 heterocycles. The van der Waals surface area contributed by atoms with Gasteiger partial charge in [0.1, 0.15) is 0 Å². The fraction of sp³-hybridized carbons (Fsp3) is 1.00. The van der Waals surface area contributed by atoms with E-state index in [9.17, 15) is 0 Å². The minimum Gasteiger partial charge on any atom is -0.346 e. The lowest BCUT2D eigenvalue weighted by Crippen LogP contribution is -2.20. The van der Waals surface area contributed by atoms with Crippen molar-refractivity contribution in [2.45, 2.75) is 45.2 Å². The predicted octanol–water partition coefficient (Wildman–Crippen LogP) is 2.31. The van der Waals surface area contributed by atoms with E-state index in [2.05, 4.69) is 29.8 Å². The molecular formula is C8H15BrO2. The molecule has 11 heavy (non-hydrogen) atoms. The Morgan fingerprint density at radius 2 is 1.55 bits per heavy atom. The number of hydrogen-bond donors (Lipinski definition) is 0. The topological polar surface area (TPSA) is 18.5 Å². The van der Waals surface area contributed by atoms with Crippen molar-refractivity contribution in [2.75, 3.05) is 5.33 Å². The molecule has 66 valence electrons. The third-order valence-corrected chi connectivity index (χ3v) is 2.53. The van der Waals surface area contributed by atoms with E-state index in [1.54, 1.807) is 0 Å². The molecule has 0 aromatic carbocycles. The summed E-state index contributed by atoms with van der Waals surface area (Å²) >= 11 is 3.34. The van der Waals surface area contributed by atoms with Crippen molar-refractivity contribution in [2.24, 2.45) is 0 Å². The minimum absolute atomic E-state index is 0.0232. The first-order valence-electron chi connectivity index (χ1n) is 4.18. The Kier molecular flexibility index (Phi) is 3.82. The van der Waals surface area contributed by atoms with E-state index in [0.29, 0.717) is 12.2 Å². The normalized spacial score (nSPS) is 37.9. The van der Waals surface area contributed by atoms with Crippen LogP contribution in [0.25, 0.3) is 0 Å². The second-order valence-corrected chi connectivity index (χ2v) is 3.40.